The first kappa shape index (κ1) is 16.6. The molecular weight excluding hydrogens is 343 g/mol. The van der Waals surface area contributed by atoms with Crippen molar-refractivity contribution in [1.82, 2.24) is 0 Å². The SMILES string of the molecule is CCCCCCCCc1csc[c]1[SnH2][CH2]CCC. The molecule has 1 heterocycles. The standard InChI is InChI=1S/C12H19S.C4H9.Sn.2H/c1-2-3-4-5-6-7-8-12-9-10-13-11-12;1-3-4-2;;;/h10-11H,2-8H2,1H3;1,3-4H2,2H3;;;. The zero-order valence-electron chi connectivity index (χ0n) is 12.3. The Hall–Kier alpha value is 0.499. The molecule has 0 spiro atoms. The molecule has 1 aromatic rings. The van der Waals surface area contributed by atoms with Crippen LogP contribution in [0, 0.1) is 0 Å². The molecular formula is C16H30SSn. The fourth-order valence-corrected chi connectivity index (χ4v) is 10.6. The second-order valence-corrected chi connectivity index (χ2v) is 11.8. The van der Waals surface area contributed by atoms with Gasteiger partial charge in [-0.1, -0.05) is 0 Å². The van der Waals surface area contributed by atoms with Gasteiger partial charge in [-0.25, -0.2) is 0 Å². The maximum atomic E-state index is 2.47. The molecule has 0 saturated carbocycles. The van der Waals surface area contributed by atoms with Gasteiger partial charge in [0.2, 0.25) is 0 Å². The van der Waals surface area contributed by atoms with Crippen LogP contribution < -0.4 is 3.58 Å². The van der Waals surface area contributed by atoms with Crippen LogP contribution in [0.4, 0.5) is 0 Å². The third-order valence-electron chi connectivity index (χ3n) is 3.68. The van der Waals surface area contributed by atoms with Crippen LogP contribution in [0.1, 0.15) is 70.8 Å². The molecule has 0 aliphatic carbocycles. The van der Waals surface area contributed by atoms with E-state index >= 15 is 0 Å². The molecule has 0 amide bonds. The first-order valence-electron chi connectivity index (χ1n) is 7.92. The quantitative estimate of drug-likeness (QED) is 0.391. The van der Waals surface area contributed by atoms with Gasteiger partial charge in [0, 0.05) is 0 Å². The maximum absolute atomic E-state index is 2.47. The minimum absolute atomic E-state index is 0.588. The van der Waals surface area contributed by atoms with Gasteiger partial charge in [0.05, 0.1) is 0 Å². The molecule has 0 aliphatic heterocycles. The van der Waals surface area contributed by atoms with Crippen molar-refractivity contribution in [3.8, 4) is 0 Å². The number of hydrogen-bond donors (Lipinski definition) is 0. The van der Waals surface area contributed by atoms with Crippen molar-refractivity contribution in [1.29, 1.82) is 0 Å². The summed E-state index contributed by atoms with van der Waals surface area (Å²) in [6.07, 6.45) is 12.8. The van der Waals surface area contributed by atoms with Crippen molar-refractivity contribution < 1.29 is 0 Å². The summed E-state index contributed by atoms with van der Waals surface area (Å²) in [5.74, 6) is 0. The van der Waals surface area contributed by atoms with Crippen LogP contribution >= 0.6 is 11.3 Å². The summed E-state index contributed by atoms with van der Waals surface area (Å²) in [5, 5.41) is 4.91. The number of aryl methyl sites for hydroxylation is 1. The predicted molar refractivity (Wildman–Crippen MR) is 89.3 cm³/mol. The molecule has 1 rings (SSSR count). The second-order valence-electron chi connectivity index (χ2n) is 5.40. The summed E-state index contributed by atoms with van der Waals surface area (Å²) in [5.41, 5.74) is 1.74. The van der Waals surface area contributed by atoms with E-state index in [1.54, 1.807) is 10.0 Å². The molecule has 0 unspecified atom stereocenters. The average molecular weight is 373 g/mol. The summed E-state index contributed by atoms with van der Waals surface area (Å²) in [6, 6.07) is 0. The van der Waals surface area contributed by atoms with E-state index in [2.05, 4.69) is 24.6 Å². The van der Waals surface area contributed by atoms with Crippen molar-refractivity contribution in [3.63, 3.8) is 0 Å². The molecule has 0 bridgehead atoms. The molecule has 0 aromatic carbocycles. The molecule has 2 heteroatoms. The van der Waals surface area contributed by atoms with Crippen molar-refractivity contribution in [2.45, 2.75) is 76.1 Å². The van der Waals surface area contributed by atoms with Crippen LogP contribution in [0.3, 0.4) is 0 Å². The zero-order valence-corrected chi connectivity index (χ0v) is 17.2. The Bertz CT molecular complexity index is 293. The Morgan fingerprint density at radius 3 is 2.39 bits per heavy atom. The number of unbranched alkanes of at least 4 members (excludes halogenated alkanes) is 6. The number of rotatable bonds is 11. The van der Waals surface area contributed by atoms with Gasteiger partial charge in [0.1, 0.15) is 0 Å². The van der Waals surface area contributed by atoms with E-state index in [-0.39, 0.29) is 0 Å². The van der Waals surface area contributed by atoms with E-state index in [1.807, 2.05) is 14.9 Å². The Morgan fingerprint density at radius 2 is 1.61 bits per heavy atom. The van der Waals surface area contributed by atoms with Gasteiger partial charge in [-0.3, -0.25) is 0 Å². The van der Waals surface area contributed by atoms with E-state index < -0.39 is 21.1 Å². The normalized spacial score (nSPS) is 11.7. The zero-order chi connectivity index (χ0) is 13.1. The van der Waals surface area contributed by atoms with E-state index in [0.29, 0.717) is 0 Å². The van der Waals surface area contributed by atoms with Crippen molar-refractivity contribution in [2.24, 2.45) is 0 Å². The Balaban J connectivity index is 2.15. The topological polar surface area (TPSA) is 0 Å². The predicted octanol–water partition coefficient (Wildman–Crippen LogP) is 4.66. The van der Waals surface area contributed by atoms with Crippen LogP contribution in [0.5, 0.6) is 0 Å². The van der Waals surface area contributed by atoms with Crippen LogP contribution in [-0.4, -0.2) is 21.1 Å². The minimum atomic E-state index is -0.588. The van der Waals surface area contributed by atoms with Crippen LogP contribution in [0.2, 0.25) is 4.44 Å². The Morgan fingerprint density at radius 1 is 0.889 bits per heavy atom. The van der Waals surface area contributed by atoms with Gasteiger partial charge in [-0.15, -0.1) is 0 Å². The Labute approximate surface area is 128 Å². The van der Waals surface area contributed by atoms with Gasteiger partial charge in [-0.2, -0.15) is 0 Å². The fourth-order valence-electron chi connectivity index (χ4n) is 2.45. The van der Waals surface area contributed by atoms with Gasteiger partial charge in [0.15, 0.2) is 0 Å². The molecule has 0 N–H and O–H groups in total. The molecule has 0 nitrogen and oxygen atoms in total. The third kappa shape index (κ3) is 7.18. The van der Waals surface area contributed by atoms with Crippen molar-refractivity contribution in [3.05, 3.63) is 16.3 Å². The monoisotopic (exact) mass is 374 g/mol. The molecule has 0 aliphatic rings. The molecule has 18 heavy (non-hydrogen) atoms. The Kier molecular flexibility index (Phi) is 10.4. The summed E-state index contributed by atoms with van der Waals surface area (Å²) < 4.78 is 3.43. The molecule has 104 valence electrons. The molecule has 0 saturated heterocycles. The van der Waals surface area contributed by atoms with E-state index in [9.17, 15) is 0 Å². The van der Waals surface area contributed by atoms with Crippen LogP contribution in [0.15, 0.2) is 10.8 Å². The molecule has 0 radical (unpaired) electrons. The average Bonchev–Trinajstić information content (AvgIpc) is 2.82. The summed E-state index contributed by atoms with van der Waals surface area (Å²) >= 11 is 1.36. The van der Waals surface area contributed by atoms with Crippen molar-refractivity contribution in [2.75, 3.05) is 0 Å². The number of thiophene rings is 1. The summed E-state index contributed by atoms with van der Waals surface area (Å²) in [7, 11) is 0. The van der Waals surface area contributed by atoms with Gasteiger partial charge < -0.3 is 0 Å². The van der Waals surface area contributed by atoms with Gasteiger partial charge in [-0.05, 0) is 0 Å². The molecule has 1 aromatic heterocycles. The van der Waals surface area contributed by atoms with Crippen LogP contribution in [0.25, 0.3) is 0 Å². The van der Waals surface area contributed by atoms with Gasteiger partial charge >= 0.3 is 128 Å². The molecule has 0 atom stereocenters. The van der Waals surface area contributed by atoms with Crippen LogP contribution in [-0.2, 0) is 6.42 Å². The van der Waals surface area contributed by atoms with E-state index in [4.69, 9.17) is 0 Å². The third-order valence-corrected chi connectivity index (χ3v) is 11.2. The van der Waals surface area contributed by atoms with E-state index in [0.717, 1.165) is 0 Å². The summed E-state index contributed by atoms with van der Waals surface area (Å²) in [4.78, 5) is 0. The van der Waals surface area contributed by atoms with Gasteiger partial charge in [0.25, 0.3) is 0 Å². The fraction of sp³-hybridized carbons (Fsp3) is 0.750. The van der Waals surface area contributed by atoms with Crippen molar-refractivity contribution >= 4 is 36.1 Å². The molecule has 0 fully saturated rings. The first-order valence-corrected chi connectivity index (χ1v) is 13.7. The first-order chi connectivity index (χ1) is 8.88. The second kappa shape index (κ2) is 11.3. The van der Waals surface area contributed by atoms with E-state index in [1.165, 1.54) is 57.8 Å². The summed E-state index contributed by atoms with van der Waals surface area (Å²) in [6.45, 7) is 4.61. The number of hydrogen-bond acceptors (Lipinski definition) is 1.